The second-order valence-electron chi connectivity index (χ2n) is 3.02. The van der Waals surface area contributed by atoms with Crippen molar-refractivity contribution < 1.29 is 18.1 Å². The van der Waals surface area contributed by atoms with E-state index in [9.17, 15) is 23.3 Å². The van der Waals surface area contributed by atoms with Gasteiger partial charge in [-0.05, 0) is 6.42 Å². The lowest BCUT2D eigenvalue weighted by Gasteiger charge is -2.22. The Morgan fingerprint density at radius 1 is 1.50 bits per heavy atom. The zero-order valence-corrected chi connectivity index (χ0v) is 7.25. The molecule has 14 heavy (non-hydrogen) atoms. The zero-order valence-electron chi connectivity index (χ0n) is 7.25. The number of halogens is 3. The van der Waals surface area contributed by atoms with Crippen molar-refractivity contribution in [1.29, 1.82) is 0 Å². The Kier molecular flexibility index (Phi) is 3.27. The highest BCUT2D eigenvalue weighted by molar-refractivity contribution is 4.71. The van der Waals surface area contributed by atoms with Crippen molar-refractivity contribution in [1.82, 2.24) is 10.2 Å². The van der Waals surface area contributed by atoms with Gasteiger partial charge in [-0.1, -0.05) is 0 Å². The van der Waals surface area contributed by atoms with Crippen molar-refractivity contribution in [2.75, 3.05) is 19.6 Å². The van der Waals surface area contributed by atoms with E-state index in [4.69, 9.17) is 0 Å². The molecule has 0 saturated carbocycles. The van der Waals surface area contributed by atoms with E-state index in [1.807, 2.05) is 0 Å². The van der Waals surface area contributed by atoms with Crippen molar-refractivity contribution in [3.8, 4) is 0 Å². The summed E-state index contributed by atoms with van der Waals surface area (Å²) in [6, 6.07) is 0. The second-order valence-corrected chi connectivity index (χ2v) is 3.02. The first kappa shape index (κ1) is 11.2. The summed E-state index contributed by atoms with van der Waals surface area (Å²) in [4.78, 5) is 9.76. The molecule has 0 spiro atoms. The van der Waals surface area contributed by atoms with Crippen molar-refractivity contribution in [3.05, 3.63) is 10.1 Å². The summed E-state index contributed by atoms with van der Waals surface area (Å²) in [5.74, 6) is 0. The highest BCUT2D eigenvalue weighted by Crippen LogP contribution is 2.22. The molecule has 1 unspecified atom stereocenters. The number of hydrogen-bond acceptors (Lipinski definition) is 4. The second kappa shape index (κ2) is 4.09. The summed E-state index contributed by atoms with van der Waals surface area (Å²) >= 11 is 0. The summed E-state index contributed by atoms with van der Waals surface area (Å²) < 4.78 is 36.7. The first-order chi connectivity index (χ1) is 6.41. The highest BCUT2D eigenvalue weighted by Gasteiger charge is 2.41. The van der Waals surface area contributed by atoms with Gasteiger partial charge in [0.1, 0.15) is 0 Å². The third kappa shape index (κ3) is 2.81. The topological polar surface area (TPSA) is 58.4 Å². The van der Waals surface area contributed by atoms with Crippen molar-refractivity contribution in [2.24, 2.45) is 0 Å². The fraction of sp³-hybridized carbons (Fsp3) is 1.00. The van der Waals surface area contributed by atoms with Crippen LogP contribution in [-0.4, -0.2) is 41.9 Å². The minimum absolute atomic E-state index is 0.167. The molecule has 1 aliphatic heterocycles. The minimum Gasteiger partial charge on any atom is -0.263 e. The monoisotopic (exact) mass is 213 g/mol. The molecule has 1 rings (SSSR count). The van der Waals surface area contributed by atoms with Crippen LogP contribution in [0.5, 0.6) is 0 Å². The van der Waals surface area contributed by atoms with Gasteiger partial charge in [0, 0.05) is 18.0 Å². The third-order valence-corrected chi connectivity index (χ3v) is 1.99. The van der Waals surface area contributed by atoms with Crippen molar-refractivity contribution in [3.63, 3.8) is 0 Å². The van der Waals surface area contributed by atoms with E-state index in [0.717, 1.165) is 0 Å². The quantitative estimate of drug-likeness (QED) is 0.389. The molecule has 0 aromatic carbocycles. The van der Waals surface area contributed by atoms with Gasteiger partial charge in [-0.25, -0.2) is 4.90 Å². The van der Waals surface area contributed by atoms with Gasteiger partial charge in [0.05, 0.1) is 6.54 Å². The number of nitrogens with one attached hydrogen (secondary N) is 1. The number of nitro groups is 1. The molecule has 0 aromatic rings. The first-order valence-corrected chi connectivity index (χ1v) is 4.10. The molecule has 1 N–H and O–H groups in total. The van der Waals surface area contributed by atoms with Crippen molar-refractivity contribution >= 4 is 0 Å². The Labute approximate surface area is 78.0 Å². The molecule has 1 fully saturated rings. The number of hydrogen-bond donors (Lipinski definition) is 1. The summed E-state index contributed by atoms with van der Waals surface area (Å²) in [5, 5.41) is 12.8. The Bertz CT molecular complexity index is 221. The molecule has 0 radical (unpaired) electrons. The van der Waals surface area contributed by atoms with E-state index >= 15 is 0 Å². The molecule has 0 amide bonds. The predicted molar refractivity (Wildman–Crippen MR) is 41.0 cm³/mol. The Balaban J connectivity index is 2.65. The Morgan fingerprint density at radius 2 is 2.14 bits per heavy atom. The lowest BCUT2D eigenvalue weighted by molar-refractivity contribution is -0.531. The van der Waals surface area contributed by atoms with E-state index in [-0.39, 0.29) is 24.4 Å². The molecular weight excluding hydrogens is 203 g/mol. The minimum atomic E-state index is -4.49. The van der Waals surface area contributed by atoms with Crippen LogP contribution in [-0.2, 0) is 0 Å². The van der Waals surface area contributed by atoms with Crippen molar-refractivity contribution in [2.45, 2.75) is 18.9 Å². The summed E-state index contributed by atoms with van der Waals surface area (Å²) in [6.45, 7) is -0.588. The van der Waals surface area contributed by atoms with Crippen LogP contribution >= 0.6 is 0 Å². The lowest BCUT2D eigenvalue weighted by atomic mass is 10.4. The van der Waals surface area contributed by atoms with Gasteiger partial charge < -0.3 is 0 Å². The number of alkyl halides is 3. The van der Waals surface area contributed by atoms with E-state index in [1.165, 1.54) is 0 Å². The molecule has 0 bridgehead atoms. The molecule has 0 aliphatic carbocycles. The van der Waals surface area contributed by atoms with Gasteiger partial charge in [0.15, 0.2) is 0 Å². The fourth-order valence-corrected chi connectivity index (χ4v) is 1.27. The number of rotatable bonds is 1. The smallest absolute Gasteiger partial charge is 0.263 e. The van der Waals surface area contributed by atoms with Gasteiger partial charge in [-0.3, -0.25) is 15.4 Å². The summed E-state index contributed by atoms with van der Waals surface area (Å²) in [6.07, 6.45) is -5.57. The Morgan fingerprint density at radius 3 is 2.64 bits per heavy atom. The fourth-order valence-electron chi connectivity index (χ4n) is 1.27. The van der Waals surface area contributed by atoms with Crippen LogP contribution in [0.3, 0.4) is 0 Å². The SMILES string of the molecule is O=[N+]([O-])C1CN(C(F)(F)F)CCCN1. The molecule has 1 atom stereocenters. The molecule has 8 heteroatoms. The maximum Gasteiger partial charge on any atom is 0.460 e. The Hall–Kier alpha value is -0.890. The van der Waals surface area contributed by atoms with Crippen LogP contribution in [0.1, 0.15) is 6.42 Å². The molecule has 0 aromatic heterocycles. The van der Waals surface area contributed by atoms with Crippen LogP contribution in [0.2, 0.25) is 0 Å². The van der Waals surface area contributed by atoms with Gasteiger partial charge in [0.2, 0.25) is 0 Å². The van der Waals surface area contributed by atoms with Crippen LogP contribution < -0.4 is 5.32 Å². The zero-order chi connectivity index (χ0) is 10.8. The van der Waals surface area contributed by atoms with E-state index in [2.05, 4.69) is 5.32 Å². The maximum absolute atomic E-state index is 12.2. The molecule has 1 saturated heterocycles. The van der Waals surface area contributed by atoms with E-state index < -0.39 is 23.9 Å². The third-order valence-electron chi connectivity index (χ3n) is 1.99. The average Bonchev–Trinajstić information content (AvgIpc) is 2.26. The van der Waals surface area contributed by atoms with Crippen LogP contribution in [0.25, 0.3) is 0 Å². The molecule has 5 nitrogen and oxygen atoms in total. The van der Waals surface area contributed by atoms with E-state index in [1.54, 1.807) is 0 Å². The predicted octanol–water partition coefficient (Wildman–Crippen LogP) is 0.404. The number of nitrogens with zero attached hydrogens (tertiary/aromatic N) is 2. The largest absolute Gasteiger partial charge is 0.460 e. The molecule has 82 valence electrons. The van der Waals surface area contributed by atoms with Crippen LogP contribution in [0.15, 0.2) is 0 Å². The van der Waals surface area contributed by atoms with E-state index in [0.29, 0.717) is 0 Å². The summed E-state index contributed by atoms with van der Waals surface area (Å²) in [7, 11) is 0. The normalized spacial score (nSPS) is 25.8. The first-order valence-electron chi connectivity index (χ1n) is 4.10. The lowest BCUT2D eigenvalue weighted by Crippen LogP contribution is -2.47. The van der Waals surface area contributed by atoms with Gasteiger partial charge in [-0.2, -0.15) is 13.2 Å². The average molecular weight is 213 g/mol. The molecule has 1 heterocycles. The standard InChI is InChI=1S/C6H10F3N3O2/c7-6(8,9)11-3-1-2-10-5(4-11)12(13)14/h5,10H,1-4H2. The van der Waals surface area contributed by atoms with Crippen LogP contribution in [0.4, 0.5) is 13.2 Å². The highest BCUT2D eigenvalue weighted by atomic mass is 19.4. The summed E-state index contributed by atoms with van der Waals surface area (Å²) in [5.41, 5.74) is 0. The van der Waals surface area contributed by atoms with Gasteiger partial charge in [0.25, 0.3) is 6.17 Å². The van der Waals surface area contributed by atoms with Gasteiger partial charge in [-0.15, -0.1) is 0 Å². The van der Waals surface area contributed by atoms with Gasteiger partial charge >= 0.3 is 6.30 Å². The molecule has 1 aliphatic rings. The maximum atomic E-state index is 12.2. The molecular formula is C6H10F3N3O2. The van der Waals surface area contributed by atoms with Crippen LogP contribution in [0, 0.1) is 10.1 Å².